The van der Waals surface area contributed by atoms with Crippen LogP contribution in [-0.4, -0.2) is 17.3 Å². The zero-order valence-corrected chi connectivity index (χ0v) is 10.4. The van der Waals surface area contributed by atoms with Crippen LogP contribution in [0.3, 0.4) is 0 Å². The van der Waals surface area contributed by atoms with Gasteiger partial charge in [-0.05, 0) is 41.3 Å². The highest BCUT2D eigenvalue weighted by molar-refractivity contribution is 9.10. The third kappa shape index (κ3) is 2.06. The molecule has 0 saturated heterocycles. The van der Waals surface area contributed by atoms with Crippen molar-refractivity contribution in [2.75, 3.05) is 5.88 Å². The van der Waals surface area contributed by atoms with E-state index in [9.17, 15) is 4.79 Å². The molecule has 0 aromatic carbocycles. The summed E-state index contributed by atoms with van der Waals surface area (Å²) in [5.74, 6) is 0.338. The number of furan rings is 1. The minimum absolute atomic E-state index is 0.129. The van der Waals surface area contributed by atoms with E-state index in [1.807, 2.05) is 0 Å². The number of alkyl halides is 1. The molecule has 82 valence electrons. The minimum atomic E-state index is -0.199. The van der Waals surface area contributed by atoms with Gasteiger partial charge < -0.3 is 9.73 Å². The van der Waals surface area contributed by atoms with Crippen LogP contribution in [0.2, 0.25) is 0 Å². The molecule has 5 heteroatoms. The molecule has 1 amide bonds. The molecule has 0 unspecified atom stereocenters. The fraction of sp³-hybridized carbons (Fsp3) is 0.500. The van der Waals surface area contributed by atoms with Gasteiger partial charge in [0.15, 0.2) is 4.67 Å². The van der Waals surface area contributed by atoms with Crippen LogP contribution in [0.4, 0.5) is 0 Å². The molecule has 1 aliphatic carbocycles. The average Bonchev–Trinajstić information content (AvgIpc) is 2.58. The Hall–Kier alpha value is -0.480. The second kappa shape index (κ2) is 4.18. The van der Waals surface area contributed by atoms with E-state index < -0.39 is 0 Å². The Morgan fingerprint density at radius 1 is 1.67 bits per heavy atom. The summed E-state index contributed by atoms with van der Waals surface area (Å²) in [7, 11) is 0. The first-order chi connectivity index (χ1) is 7.17. The van der Waals surface area contributed by atoms with Gasteiger partial charge in [0.1, 0.15) is 0 Å². The zero-order chi connectivity index (χ0) is 10.9. The Morgan fingerprint density at radius 2 is 2.40 bits per heavy atom. The highest BCUT2D eigenvalue weighted by atomic mass is 79.9. The van der Waals surface area contributed by atoms with Gasteiger partial charge in [0.2, 0.25) is 0 Å². The van der Waals surface area contributed by atoms with Gasteiger partial charge in [0, 0.05) is 5.88 Å². The van der Waals surface area contributed by atoms with Crippen LogP contribution in [-0.2, 0) is 0 Å². The van der Waals surface area contributed by atoms with Crippen molar-refractivity contribution in [3.63, 3.8) is 0 Å². The maximum Gasteiger partial charge on any atom is 0.256 e. The number of carbonyl (C=O) groups is 1. The molecule has 1 saturated carbocycles. The molecule has 0 spiro atoms. The summed E-state index contributed by atoms with van der Waals surface area (Å²) < 4.78 is 5.47. The summed E-state index contributed by atoms with van der Waals surface area (Å²) in [4.78, 5) is 11.8. The second-order valence-corrected chi connectivity index (χ2v) is 4.82. The van der Waals surface area contributed by atoms with Crippen molar-refractivity contribution >= 4 is 33.4 Å². The molecule has 0 aliphatic heterocycles. The molecule has 0 atom stereocenters. The van der Waals surface area contributed by atoms with Crippen molar-refractivity contribution in [3.8, 4) is 0 Å². The maximum atomic E-state index is 11.8. The number of amides is 1. The lowest BCUT2D eigenvalue weighted by atomic mass is 9.78. The Balaban J connectivity index is 2.07. The van der Waals surface area contributed by atoms with Crippen molar-refractivity contribution in [2.45, 2.75) is 24.8 Å². The van der Waals surface area contributed by atoms with Crippen molar-refractivity contribution in [1.82, 2.24) is 5.32 Å². The van der Waals surface area contributed by atoms with E-state index in [1.54, 1.807) is 6.07 Å². The maximum absolute atomic E-state index is 11.8. The number of halogens is 2. The summed E-state index contributed by atoms with van der Waals surface area (Å²) in [5.41, 5.74) is 0.321. The van der Waals surface area contributed by atoms with Crippen LogP contribution in [0.5, 0.6) is 0 Å². The largest absolute Gasteiger partial charge is 0.457 e. The van der Waals surface area contributed by atoms with E-state index in [2.05, 4.69) is 21.2 Å². The number of nitrogens with one attached hydrogen (secondary N) is 1. The van der Waals surface area contributed by atoms with Gasteiger partial charge in [-0.15, -0.1) is 11.6 Å². The number of carbonyl (C=O) groups excluding carboxylic acids is 1. The van der Waals surface area contributed by atoms with Gasteiger partial charge in [0.25, 0.3) is 5.91 Å². The number of hydrogen-bond acceptors (Lipinski definition) is 2. The summed E-state index contributed by atoms with van der Waals surface area (Å²) in [6, 6.07) is 1.64. The third-order valence-electron chi connectivity index (χ3n) is 2.81. The number of rotatable bonds is 3. The minimum Gasteiger partial charge on any atom is -0.457 e. The Morgan fingerprint density at radius 3 is 2.80 bits per heavy atom. The fourth-order valence-electron chi connectivity index (χ4n) is 1.66. The summed E-state index contributed by atoms with van der Waals surface area (Å²) in [5, 5.41) is 2.96. The smallest absolute Gasteiger partial charge is 0.256 e. The molecule has 3 nitrogen and oxygen atoms in total. The fourth-order valence-corrected chi connectivity index (χ4v) is 2.41. The molecule has 1 N–H and O–H groups in total. The average molecular weight is 293 g/mol. The van der Waals surface area contributed by atoms with Crippen molar-refractivity contribution < 1.29 is 9.21 Å². The summed E-state index contributed by atoms with van der Waals surface area (Å²) in [6.07, 6.45) is 4.52. The molecule has 0 radical (unpaired) electrons. The molecule has 1 aliphatic rings. The van der Waals surface area contributed by atoms with E-state index >= 15 is 0 Å². The molecule has 2 rings (SSSR count). The molecule has 0 bridgehead atoms. The van der Waals surface area contributed by atoms with Crippen LogP contribution in [0, 0.1) is 0 Å². The van der Waals surface area contributed by atoms with E-state index in [0.717, 1.165) is 19.3 Å². The van der Waals surface area contributed by atoms with Crippen LogP contribution in [0.25, 0.3) is 0 Å². The first kappa shape index (κ1) is 11.0. The van der Waals surface area contributed by atoms with Crippen LogP contribution in [0.15, 0.2) is 21.4 Å². The SMILES string of the molecule is O=C(NC1(CCl)CCC1)c1ccoc1Br. The molecule has 1 aromatic heterocycles. The van der Waals surface area contributed by atoms with Gasteiger partial charge in [-0.2, -0.15) is 0 Å². The van der Waals surface area contributed by atoms with Crippen molar-refractivity contribution in [3.05, 3.63) is 22.6 Å². The van der Waals surface area contributed by atoms with Crippen LogP contribution >= 0.6 is 27.5 Å². The Kier molecular flexibility index (Phi) is 3.07. The van der Waals surface area contributed by atoms with Gasteiger partial charge in [-0.1, -0.05) is 0 Å². The normalized spacial score (nSPS) is 18.3. The summed E-state index contributed by atoms with van der Waals surface area (Å²) >= 11 is 9.03. The first-order valence-electron chi connectivity index (χ1n) is 4.78. The molecular weight excluding hydrogens is 281 g/mol. The van der Waals surface area contributed by atoms with E-state index in [1.165, 1.54) is 6.26 Å². The van der Waals surface area contributed by atoms with Gasteiger partial charge in [-0.3, -0.25) is 4.79 Å². The van der Waals surface area contributed by atoms with Crippen LogP contribution < -0.4 is 5.32 Å². The second-order valence-electron chi connectivity index (χ2n) is 3.83. The lowest BCUT2D eigenvalue weighted by molar-refractivity contribution is 0.0852. The highest BCUT2D eigenvalue weighted by Crippen LogP contribution is 2.33. The molecule has 15 heavy (non-hydrogen) atoms. The standard InChI is InChI=1S/C10H11BrClNO2/c11-8-7(2-5-15-8)9(14)13-10(6-12)3-1-4-10/h2,5H,1,3-4,6H2,(H,13,14). The van der Waals surface area contributed by atoms with E-state index in [-0.39, 0.29) is 11.4 Å². The highest BCUT2D eigenvalue weighted by Gasteiger charge is 2.38. The van der Waals surface area contributed by atoms with Crippen molar-refractivity contribution in [2.24, 2.45) is 0 Å². The van der Waals surface area contributed by atoms with Crippen LogP contribution in [0.1, 0.15) is 29.6 Å². The first-order valence-corrected chi connectivity index (χ1v) is 6.11. The third-order valence-corrected chi connectivity index (χ3v) is 3.93. The van der Waals surface area contributed by atoms with Gasteiger partial charge in [0.05, 0.1) is 17.4 Å². The molecular formula is C10H11BrClNO2. The molecule has 1 heterocycles. The molecule has 1 aromatic rings. The lowest BCUT2D eigenvalue weighted by Crippen LogP contribution is -2.55. The zero-order valence-electron chi connectivity index (χ0n) is 8.06. The van der Waals surface area contributed by atoms with E-state index in [4.69, 9.17) is 16.0 Å². The Bertz CT molecular complexity index is 368. The van der Waals surface area contributed by atoms with Gasteiger partial charge in [-0.25, -0.2) is 0 Å². The monoisotopic (exact) mass is 291 g/mol. The van der Waals surface area contributed by atoms with Gasteiger partial charge >= 0.3 is 0 Å². The topological polar surface area (TPSA) is 42.2 Å². The summed E-state index contributed by atoms with van der Waals surface area (Å²) in [6.45, 7) is 0. The predicted molar refractivity (Wildman–Crippen MR) is 61.2 cm³/mol. The lowest BCUT2D eigenvalue weighted by Gasteiger charge is -2.40. The number of hydrogen-bond donors (Lipinski definition) is 1. The van der Waals surface area contributed by atoms with E-state index in [0.29, 0.717) is 16.1 Å². The quantitative estimate of drug-likeness (QED) is 0.870. The Labute approximate surface area is 101 Å². The molecule has 1 fully saturated rings. The van der Waals surface area contributed by atoms with Crippen molar-refractivity contribution in [1.29, 1.82) is 0 Å². The predicted octanol–water partition coefficient (Wildman–Crippen LogP) is 2.93.